The number of hydrogen-bond donors (Lipinski definition) is 2. The number of guanidine groups is 1. The maximum Gasteiger partial charge on any atom is 0.189 e. The van der Waals surface area contributed by atoms with Crippen molar-refractivity contribution in [2.45, 2.75) is 25.4 Å². The second-order valence-electron chi connectivity index (χ2n) is 5.43. The number of hydrogen-bond acceptors (Lipinski definition) is 3. The summed E-state index contributed by atoms with van der Waals surface area (Å²) in [7, 11) is 0. The Bertz CT molecular complexity index is 664. The SMILES string of the molecule is Cc1ccc(C2CC(c3cccc(Br)c3)N=C(N)N2)cc1. The van der Waals surface area contributed by atoms with E-state index in [1.807, 2.05) is 12.1 Å². The van der Waals surface area contributed by atoms with Gasteiger partial charge in [0.15, 0.2) is 5.96 Å². The van der Waals surface area contributed by atoms with Crippen molar-refractivity contribution in [3.8, 4) is 0 Å². The molecule has 0 fully saturated rings. The van der Waals surface area contributed by atoms with E-state index in [4.69, 9.17) is 5.73 Å². The lowest BCUT2D eigenvalue weighted by molar-refractivity contribution is 0.487. The van der Waals surface area contributed by atoms with Crippen LogP contribution in [0.15, 0.2) is 58.0 Å². The number of nitrogens with zero attached hydrogens (tertiary/aromatic N) is 1. The minimum absolute atomic E-state index is 0.0926. The molecule has 21 heavy (non-hydrogen) atoms. The Kier molecular flexibility index (Phi) is 3.97. The summed E-state index contributed by atoms with van der Waals surface area (Å²) in [4.78, 5) is 4.55. The summed E-state index contributed by atoms with van der Waals surface area (Å²) in [5.74, 6) is 0.511. The van der Waals surface area contributed by atoms with Crippen LogP contribution in [-0.4, -0.2) is 5.96 Å². The van der Waals surface area contributed by atoms with E-state index >= 15 is 0 Å². The average molecular weight is 344 g/mol. The molecule has 0 bridgehead atoms. The lowest BCUT2D eigenvalue weighted by Gasteiger charge is -2.29. The van der Waals surface area contributed by atoms with Gasteiger partial charge in [0.05, 0.1) is 12.1 Å². The predicted molar refractivity (Wildman–Crippen MR) is 90.2 cm³/mol. The lowest BCUT2D eigenvalue weighted by atomic mass is 9.93. The molecule has 2 aromatic rings. The molecule has 0 saturated heterocycles. The van der Waals surface area contributed by atoms with E-state index in [2.05, 4.69) is 69.6 Å². The van der Waals surface area contributed by atoms with Crippen LogP contribution in [0.4, 0.5) is 0 Å². The zero-order chi connectivity index (χ0) is 14.8. The molecule has 4 heteroatoms. The van der Waals surface area contributed by atoms with Crippen molar-refractivity contribution in [3.63, 3.8) is 0 Å². The number of aliphatic imine (C=N–C) groups is 1. The first-order valence-corrected chi connectivity index (χ1v) is 7.83. The van der Waals surface area contributed by atoms with Crippen molar-refractivity contribution in [1.29, 1.82) is 0 Å². The summed E-state index contributed by atoms with van der Waals surface area (Å²) >= 11 is 3.52. The lowest BCUT2D eigenvalue weighted by Crippen LogP contribution is -2.39. The normalized spacial score (nSPS) is 21.5. The Morgan fingerprint density at radius 2 is 1.90 bits per heavy atom. The van der Waals surface area contributed by atoms with Gasteiger partial charge in [0.25, 0.3) is 0 Å². The summed E-state index contributed by atoms with van der Waals surface area (Å²) in [5, 5.41) is 3.28. The predicted octanol–water partition coefficient (Wildman–Crippen LogP) is 3.85. The third-order valence-electron chi connectivity index (χ3n) is 3.79. The third-order valence-corrected chi connectivity index (χ3v) is 4.28. The number of aryl methyl sites for hydroxylation is 1. The monoisotopic (exact) mass is 343 g/mol. The molecule has 0 aliphatic carbocycles. The molecule has 1 aliphatic rings. The van der Waals surface area contributed by atoms with Crippen LogP contribution in [0.1, 0.15) is 35.2 Å². The number of rotatable bonds is 2. The molecule has 3 rings (SSSR count). The topological polar surface area (TPSA) is 50.4 Å². The van der Waals surface area contributed by atoms with E-state index in [0.29, 0.717) is 5.96 Å². The minimum Gasteiger partial charge on any atom is -0.370 e. The Morgan fingerprint density at radius 3 is 2.62 bits per heavy atom. The van der Waals surface area contributed by atoms with Crippen molar-refractivity contribution in [1.82, 2.24) is 5.32 Å². The molecule has 0 radical (unpaired) electrons. The first-order valence-electron chi connectivity index (χ1n) is 7.03. The first kappa shape index (κ1) is 14.1. The Balaban J connectivity index is 1.87. The van der Waals surface area contributed by atoms with Crippen LogP contribution in [0.3, 0.4) is 0 Å². The number of nitrogens with two attached hydrogens (primary N) is 1. The van der Waals surface area contributed by atoms with E-state index in [-0.39, 0.29) is 12.1 Å². The van der Waals surface area contributed by atoms with Crippen molar-refractivity contribution in [3.05, 3.63) is 69.7 Å². The fourth-order valence-electron chi connectivity index (χ4n) is 2.66. The van der Waals surface area contributed by atoms with Crippen LogP contribution in [-0.2, 0) is 0 Å². The second kappa shape index (κ2) is 5.90. The van der Waals surface area contributed by atoms with Crippen molar-refractivity contribution >= 4 is 21.9 Å². The maximum absolute atomic E-state index is 5.99. The number of nitrogens with one attached hydrogen (secondary N) is 1. The Morgan fingerprint density at radius 1 is 1.14 bits per heavy atom. The molecule has 2 aromatic carbocycles. The summed E-state index contributed by atoms with van der Waals surface area (Å²) in [6.07, 6.45) is 0.903. The Labute approximate surface area is 133 Å². The van der Waals surface area contributed by atoms with Gasteiger partial charge in [0.1, 0.15) is 0 Å². The zero-order valence-corrected chi connectivity index (χ0v) is 13.5. The van der Waals surface area contributed by atoms with Gasteiger partial charge in [-0.15, -0.1) is 0 Å². The van der Waals surface area contributed by atoms with Crippen LogP contribution in [0.25, 0.3) is 0 Å². The molecule has 0 amide bonds. The van der Waals surface area contributed by atoms with Gasteiger partial charge >= 0.3 is 0 Å². The van der Waals surface area contributed by atoms with E-state index < -0.39 is 0 Å². The fraction of sp³-hybridized carbons (Fsp3) is 0.235. The van der Waals surface area contributed by atoms with Crippen LogP contribution < -0.4 is 11.1 Å². The van der Waals surface area contributed by atoms with Crippen molar-refractivity contribution in [2.75, 3.05) is 0 Å². The second-order valence-corrected chi connectivity index (χ2v) is 6.34. The number of benzene rings is 2. The molecule has 0 spiro atoms. The van der Waals surface area contributed by atoms with E-state index in [9.17, 15) is 0 Å². The third kappa shape index (κ3) is 3.27. The van der Waals surface area contributed by atoms with Crippen LogP contribution in [0.5, 0.6) is 0 Å². The highest BCUT2D eigenvalue weighted by atomic mass is 79.9. The fourth-order valence-corrected chi connectivity index (χ4v) is 3.08. The molecule has 0 aromatic heterocycles. The first-order chi connectivity index (χ1) is 10.1. The van der Waals surface area contributed by atoms with E-state index in [0.717, 1.165) is 10.9 Å². The zero-order valence-electron chi connectivity index (χ0n) is 11.9. The molecule has 3 nitrogen and oxygen atoms in total. The standard InChI is InChI=1S/C17H18BrN3/c1-11-5-7-12(8-6-11)15-10-16(21-17(19)20-15)13-3-2-4-14(18)9-13/h2-9,15-16H,10H2,1H3,(H3,19,20,21). The molecular weight excluding hydrogens is 326 g/mol. The summed E-state index contributed by atoms with van der Waals surface area (Å²) in [6, 6.07) is 17.1. The molecule has 1 aliphatic heterocycles. The summed E-state index contributed by atoms with van der Waals surface area (Å²) in [5.41, 5.74) is 9.68. The summed E-state index contributed by atoms with van der Waals surface area (Å²) < 4.78 is 1.07. The largest absolute Gasteiger partial charge is 0.370 e. The van der Waals surface area contributed by atoms with Gasteiger partial charge in [-0.1, -0.05) is 57.9 Å². The quantitative estimate of drug-likeness (QED) is 0.870. The minimum atomic E-state index is 0.0926. The number of halogens is 1. The molecule has 0 saturated carbocycles. The summed E-state index contributed by atoms with van der Waals surface area (Å²) in [6.45, 7) is 2.10. The van der Waals surface area contributed by atoms with Crippen LogP contribution in [0.2, 0.25) is 0 Å². The highest BCUT2D eigenvalue weighted by Crippen LogP contribution is 2.33. The van der Waals surface area contributed by atoms with Crippen LogP contribution in [0, 0.1) is 6.92 Å². The van der Waals surface area contributed by atoms with Gasteiger partial charge in [-0.25, -0.2) is 4.99 Å². The highest BCUT2D eigenvalue weighted by Gasteiger charge is 2.24. The van der Waals surface area contributed by atoms with Gasteiger partial charge in [-0.05, 0) is 36.6 Å². The Hall–Kier alpha value is -1.81. The van der Waals surface area contributed by atoms with Crippen molar-refractivity contribution < 1.29 is 0 Å². The highest BCUT2D eigenvalue weighted by molar-refractivity contribution is 9.10. The van der Waals surface area contributed by atoms with E-state index in [1.54, 1.807) is 0 Å². The average Bonchev–Trinajstić information content (AvgIpc) is 2.47. The molecule has 3 N–H and O–H groups in total. The smallest absolute Gasteiger partial charge is 0.189 e. The maximum atomic E-state index is 5.99. The van der Waals surface area contributed by atoms with Gasteiger partial charge in [-0.3, -0.25) is 0 Å². The van der Waals surface area contributed by atoms with Gasteiger partial charge in [-0.2, -0.15) is 0 Å². The molecule has 108 valence electrons. The molecule has 2 atom stereocenters. The van der Waals surface area contributed by atoms with Gasteiger partial charge < -0.3 is 11.1 Å². The van der Waals surface area contributed by atoms with Gasteiger partial charge in [0, 0.05) is 4.47 Å². The van der Waals surface area contributed by atoms with Crippen LogP contribution >= 0.6 is 15.9 Å². The molecule has 1 heterocycles. The van der Waals surface area contributed by atoms with Crippen molar-refractivity contribution in [2.24, 2.45) is 10.7 Å². The molecular formula is C17H18BrN3. The molecule has 2 unspecified atom stereocenters. The van der Waals surface area contributed by atoms with Gasteiger partial charge in [0.2, 0.25) is 0 Å². The van der Waals surface area contributed by atoms with E-state index in [1.165, 1.54) is 16.7 Å².